The van der Waals surface area contributed by atoms with Gasteiger partial charge in [0.05, 0.1) is 10.7 Å². The predicted octanol–water partition coefficient (Wildman–Crippen LogP) is 2.71. The van der Waals surface area contributed by atoms with Crippen molar-refractivity contribution in [3.8, 4) is 5.69 Å². The first kappa shape index (κ1) is 18.7. The Bertz CT molecular complexity index is 1060. The molecule has 0 amide bonds. The Morgan fingerprint density at radius 3 is 2.52 bits per heavy atom. The third kappa shape index (κ3) is 4.78. The number of nitrogens with zero attached hydrogens (tertiary/aromatic N) is 3. The summed E-state index contributed by atoms with van der Waals surface area (Å²) in [6, 6.07) is 13.1. The molecule has 1 aromatic heterocycles. The van der Waals surface area contributed by atoms with E-state index in [2.05, 4.69) is 9.71 Å². The van der Waals surface area contributed by atoms with E-state index in [0.717, 1.165) is 17.1 Å². The molecule has 1 N–H and O–H groups in total. The molecule has 0 aliphatic carbocycles. The van der Waals surface area contributed by atoms with E-state index in [0.29, 0.717) is 5.56 Å². The molecule has 0 saturated carbocycles. The van der Waals surface area contributed by atoms with Gasteiger partial charge >= 0.3 is 0 Å². The molecular formula is C18H18N4O4S. The molecule has 2 aromatic carbocycles. The lowest BCUT2D eigenvalue weighted by Crippen LogP contribution is -2.24. The Balaban J connectivity index is 1.64. The summed E-state index contributed by atoms with van der Waals surface area (Å²) in [5.41, 5.74) is 1.98. The SMILES string of the molecule is Cc1nccn1-c1ccc(CNS(=O)(=O)Cc2cccc([N+](=O)[O-])c2)cc1. The summed E-state index contributed by atoms with van der Waals surface area (Å²) < 4.78 is 29.0. The normalized spacial score (nSPS) is 11.4. The van der Waals surface area contributed by atoms with Gasteiger partial charge in [-0.1, -0.05) is 24.3 Å². The van der Waals surface area contributed by atoms with Crippen LogP contribution >= 0.6 is 0 Å². The molecule has 0 radical (unpaired) electrons. The number of aryl methyl sites for hydroxylation is 1. The number of sulfonamides is 1. The Kier molecular flexibility index (Phi) is 5.33. The highest BCUT2D eigenvalue weighted by atomic mass is 32.2. The van der Waals surface area contributed by atoms with Gasteiger partial charge in [0, 0.05) is 36.8 Å². The average molecular weight is 386 g/mol. The lowest BCUT2D eigenvalue weighted by molar-refractivity contribution is -0.384. The van der Waals surface area contributed by atoms with Gasteiger partial charge in [0.1, 0.15) is 5.82 Å². The van der Waals surface area contributed by atoms with Gasteiger partial charge in [-0.2, -0.15) is 0 Å². The molecule has 8 nitrogen and oxygen atoms in total. The highest BCUT2D eigenvalue weighted by Crippen LogP contribution is 2.16. The standard InChI is InChI=1S/C18H18N4O4S/c1-14-19-9-10-21(14)17-7-5-15(6-8-17)12-20-27(25,26)13-16-3-2-4-18(11-16)22(23)24/h2-11,20H,12-13H2,1H3. The van der Waals surface area contributed by atoms with Gasteiger partial charge in [-0.3, -0.25) is 10.1 Å². The molecule has 0 spiro atoms. The van der Waals surface area contributed by atoms with Crippen LogP contribution < -0.4 is 4.72 Å². The Labute approximate surface area is 156 Å². The lowest BCUT2D eigenvalue weighted by atomic mass is 10.2. The van der Waals surface area contributed by atoms with Crippen LogP contribution in [-0.2, 0) is 22.3 Å². The number of hydrogen-bond acceptors (Lipinski definition) is 5. The number of nitro benzene ring substituents is 1. The van der Waals surface area contributed by atoms with Crippen molar-refractivity contribution in [2.24, 2.45) is 0 Å². The van der Waals surface area contributed by atoms with Crippen LogP contribution in [0.3, 0.4) is 0 Å². The largest absolute Gasteiger partial charge is 0.304 e. The zero-order chi connectivity index (χ0) is 19.4. The summed E-state index contributed by atoms with van der Waals surface area (Å²) in [4.78, 5) is 14.4. The molecule has 0 saturated heterocycles. The molecule has 27 heavy (non-hydrogen) atoms. The van der Waals surface area contributed by atoms with E-state index in [1.165, 1.54) is 18.2 Å². The topological polar surface area (TPSA) is 107 Å². The second-order valence-electron chi connectivity index (χ2n) is 6.02. The van der Waals surface area contributed by atoms with E-state index < -0.39 is 14.9 Å². The summed E-state index contributed by atoms with van der Waals surface area (Å²) in [5, 5.41) is 10.8. The maximum atomic E-state index is 12.3. The molecule has 9 heteroatoms. The lowest BCUT2D eigenvalue weighted by Gasteiger charge is -2.09. The third-order valence-corrected chi connectivity index (χ3v) is 5.31. The second kappa shape index (κ2) is 7.68. The molecule has 0 atom stereocenters. The fourth-order valence-electron chi connectivity index (χ4n) is 2.65. The maximum Gasteiger partial charge on any atom is 0.269 e. The molecular weight excluding hydrogens is 368 g/mol. The third-order valence-electron chi connectivity index (χ3n) is 4.01. The van der Waals surface area contributed by atoms with Gasteiger partial charge in [0.25, 0.3) is 5.69 Å². The van der Waals surface area contributed by atoms with E-state index in [9.17, 15) is 18.5 Å². The Hall–Kier alpha value is -3.04. The van der Waals surface area contributed by atoms with Gasteiger partial charge in [-0.15, -0.1) is 0 Å². The van der Waals surface area contributed by atoms with Crippen LogP contribution in [0.2, 0.25) is 0 Å². The maximum absolute atomic E-state index is 12.3. The fraction of sp³-hybridized carbons (Fsp3) is 0.167. The van der Waals surface area contributed by atoms with Crippen molar-refractivity contribution in [1.82, 2.24) is 14.3 Å². The number of imidazole rings is 1. The smallest absolute Gasteiger partial charge is 0.269 e. The number of benzene rings is 2. The zero-order valence-corrected chi connectivity index (χ0v) is 15.4. The first-order chi connectivity index (χ1) is 12.8. The fourth-order valence-corrected chi connectivity index (χ4v) is 3.76. The summed E-state index contributed by atoms with van der Waals surface area (Å²) >= 11 is 0. The van der Waals surface area contributed by atoms with Crippen LogP contribution in [0.5, 0.6) is 0 Å². The summed E-state index contributed by atoms with van der Waals surface area (Å²) in [6.07, 6.45) is 3.57. The molecule has 1 heterocycles. The monoisotopic (exact) mass is 386 g/mol. The first-order valence-electron chi connectivity index (χ1n) is 8.14. The highest BCUT2D eigenvalue weighted by molar-refractivity contribution is 7.88. The zero-order valence-electron chi connectivity index (χ0n) is 14.6. The molecule has 0 aliphatic heterocycles. The van der Waals surface area contributed by atoms with Crippen LogP contribution in [0.25, 0.3) is 5.69 Å². The summed E-state index contributed by atoms with van der Waals surface area (Å²) in [7, 11) is -3.62. The van der Waals surface area contributed by atoms with E-state index in [1.54, 1.807) is 12.3 Å². The molecule has 0 aliphatic rings. The minimum atomic E-state index is -3.62. The first-order valence-corrected chi connectivity index (χ1v) is 9.79. The number of hydrogen-bond donors (Lipinski definition) is 1. The van der Waals surface area contributed by atoms with Gasteiger partial charge in [-0.25, -0.2) is 18.1 Å². The quantitative estimate of drug-likeness (QED) is 0.496. The van der Waals surface area contributed by atoms with Crippen molar-refractivity contribution in [1.29, 1.82) is 0 Å². The Morgan fingerprint density at radius 2 is 1.89 bits per heavy atom. The summed E-state index contributed by atoms with van der Waals surface area (Å²) in [6.45, 7) is 2.04. The van der Waals surface area contributed by atoms with Gasteiger partial charge < -0.3 is 4.57 Å². The number of aromatic nitrogens is 2. The second-order valence-corrected chi connectivity index (χ2v) is 7.82. The van der Waals surface area contributed by atoms with Crippen molar-refractivity contribution in [2.75, 3.05) is 0 Å². The molecule has 0 fully saturated rings. The molecule has 3 rings (SSSR count). The van der Waals surface area contributed by atoms with Crippen molar-refractivity contribution in [3.63, 3.8) is 0 Å². The van der Waals surface area contributed by atoms with Gasteiger partial charge in [0.15, 0.2) is 0 Å². The molecule has 0 unspecified atom stereocenters. The molecule has 140 valence electrons. The van der Waals surface area contributed by atoms with Gasteiger partial charge in [0.2, 0.25) is 10.0 Å². The van der Waals surface area contributed by atoms with Crippen molar-refractivity contribution < 1.29 is 13.3 Å². The van der Waals surface area contributed by atoms with E-state index >= 15 is 0 Å². The Morgan fingerprint density at radius 1 is 1.15 bits per heavy atom. The van der Waals surface area contributed by atoms with Crippen molar-refractivity contribution in [2.45, 2.75) is 19.2 Å². The molecule has 3 aromatic rings. The van der Waals surface area contributed by atoms with Crippen LogP contribution in [-0.4, -0.2) is 22.9 Å². The number of nitro groups is 1. The minimum absolute atomic E-state index is 0.131. The number of nitrogens with one attached hydrogen (secondary N) is 1. The van der Waals surface area contributed by atoms with E-state index in [-0.39, 0.29) is 18.0 Å². The van der Waals surface area contributed by atoms with Crippen molar-refractivity contribution >= 4 is 15.7 Å². The number of non-ortho nitro benzene ring substituents is 1. The van der Waals surface area contributed by atoms with Gasteiger partial charge in [-0.05, 0) is 30.2 Å². The van der Waals surface area contributed by atoms with Crippen LogP contribution in [0.4, 0.5) is 5.69 Å². The van der Waals surface area contributed by atoms with Crippen LogP contribution in [0.1, 0.15) is 17.0 Å². The number of rotatable bonds is 7. The minimum Gasteiger partial charge on any atom is -0.304 e. The summed E-state index contributed by atoms with van der Waals surface area (Å²) in [5.74, 6) is 0.543. The highest BCUT2D eigenvalue weighted by Gasteiger charge is 2.14. The average Bonchev–Trinajstić information content (AvgIpc) is 3.06. The van der Waals surface area contributed by atoms with E-state index in [4.69, 9.17) is 0 Å². The van der Waals surface area contributed by atoms with Crippen LogP contribution in [0.15, 0.2) is 60.9 Å². The van der Waals surface area contributed by atoms with Crippen molar-refractivity contribution in [3.05, 3.63) is 88.0 Å². The van der Waals surface area contributed by atoms with Crippen LogP contribution in [0, 0.1) is 17.0 Å². The molecule has 0 bridgehead atoms. The van der Waals surface area contributed by atoms with E-state index in [1.807, 2.05) is 42.0 Å². The predicted molar refractivity (Wildman–Crippen MR) is 101 cm³/mol.